The van der Waals surface area contributed by atoms with Gasteiger partial charge in [-0.05, 0) is 25.0 Å². The zero-order valence-corrected chi connectivity index (χ0v) is 11.0. The molecule has 0 spiro atoms. The molecule has 0 atom stereocenters. The van der Waals surface area contributed by atoms with Gasteiger partial charge in [0.25, 0.3) is 5.91 Å². The lowest BCUT2D eigenvalue weighted by Crippen LogP contribution is -2.44. The van der Waals surface area contributed by atoms with Gasteiger partial charge in [0.15, 0.2) is 0 Å². The highest BCUT2D eigenvalue weighted by atomic mass is 19.1. The van der Waals surface area contributed by atoms with E-state index in [0.717, 1.165) is 37.8 Å². The number of amides is 2. The fourth-order valence-electron chi connectivity index (χ4n) is 2.59. The lowest BCUT2D eigenvalue weighted by Gasteiger charge is -2.28. The van der Waals surface area contributed by atoms with E-state index in [1.54, 1.807) is 0 Å². The Kier molecular flexibility index (Phi) is 4.22. The van der Waals surface area contributed by atoms with Gasteiger partial charge in [0.1, 0.15) is 11.6 Å². The van der Waals surface area contributed by atoms with E-state index >= 15 is 0 Å². The Morgan fingerprint density at radius 1 is 1.35 bits per heavy atom. The van der Waals surface area contributed by atoms with Crippen molar-refractivity contribution in [2.75, 3.05) is 6.54 Å². The number of rotatable bonds is 4. The molecule has 0 aliphatic heterocycles. The molecule has 0 aromatic heterocycles. The molecular formula is C14H17FN2O3. The van der Waals surface area contributed by atoms with E-state index < -0.39 is 23.4 Å². The van der Waals surface area contributed by atoms with Crippen LogP contribution in [0.4, 0.5) is 4.39 Å². The van der Waals surface area contributed by atoms with E-state index in [9.17, 15) is 19.1 Å². The lowest BCUT2D eigenvalue weighted by molar-refractivity contribution is -0.119. The Morgan fingerprint density at radius 2 is 2.00 bits per heavy atom. The van der Waals surface area contributed by atoms with Gasteiger partial charge in [-0.1, -0.05) is 12.8 Å². The summed E-state index contributed by atoms with van der Waals surface area (Å²) in [7, 11) is 0. The summed E-state index contributed by atoms with van der Waals surface area (Å²) in [6, 6.07) is 3.14. The molecule has 1 aromatic carbocycles. The van der Waals surface area contributed by atoms with Crippen molar-refractivity contribution < 1.29 is 19.1 Å². The van der Waals surface area contributed by atoms with Crippen molar-refractivity contribution >= 4 is 11.8 Å². The molecule has 0 unspecified atom stereocenters. The van der Waals surface area contributed by atoms with Crippen LogP contribution in [0.5, 0.6) is 5.75 Å². The van der Waals surface area contributed by atoms with E-state index in [-0.39, 0.29) is 18.2 Å². The van der Waals surface area contributed by atoms with Crippen molar-refractivity contribution in [3.05, 3.63) is 29.6 Å². The predicted molar refractivity (Wildman–Crippen MR) is 70.6 cm³/mol. The summed E-state index contributed by atoms with van der Waals surface area (Å²) in [4.78, 5) is 25.0. The minimum Gasteiger partial charge on any atom is -0.507 e. The minimum atomic E-state index is -0.624. The minimum absolute atomic E-state index is 0.0143. The highest BCUT2D eigenvalue weighted by molar-refractivity contribution is 5.98. The van der Waals surface area contributed by atoms with E-state index in [2.05, 4.69) is 0 Å². The number of nitrogens with zero attached hydrogens (tertiary/aromatic N) is 1. The molecule has 6 heteroatoms. The number of hydrogen-bond donors (Lipinski definition) is 2. The Bertz CT molecular complexity index is 527. The van der Waals surface area contributed by atoms with E-state index in [0.29, 0.717) is 0 Å². The van der Waals surface area contributed by atoms with Crippen LogP contribution < -0.4 is 5.73 Å². The summed E-state index contributed by atoms with van der Waals surface area (Å²) in [5.41, 5.74) is 5.17. The van der Waals surface area contributed by atoms with Gasteiger partial charge in [-0.2, -0.15) is 0 Å². The normalized spacial score (nSPS) is 15.2. The SMILES string of the molecule is NC(=O)CN(C(=O)c1ccc(F)cc1O)C1CCCC1. The zero-order valence-electron chi connectivity index (χ0n) is 11.0. The van der Waals surface area contributed by atoms with Gasteiger partial charge in [0.05, 0.1) is 12.1 Å². The molecule has 1 aliphatic carbocycles. The van der Waals surface area contributed by atoms with Crippen LogP contribution in [0.15, 0.2) is 18.2 Å². The number of carbonyl (C=O) groups is 2. The molecule has 1 aromatic rings. The fourth-order valence-corrected chi connectivity index (χ4v) is 2.59. The number of halogens is 1. The molecule has 0 saturated heterocycles. The second-order valence-corrected chi connectivity index (χ2v) is 5.00. The Balaban J connectivity index is 2.27. The first-order valence-corrected chi connectivity index (χ1v) is 6.57. The first-order chi connectivity index (χ1) is 9.49. The lowest BCUT2D eigenvalue weighted by atomic mass is 10.1. The van der Waals surface area contributed by atoms with Gasteiger partial charge in [0, 0.05) is 12.1 Å². The second kappa shape index (κ2) is 5.90. The summed E-state index contributed by atoms with van der Waals surface area (Å²) in [5, 5.41) is 9.68. The highest BCUT2D eigenvalue weighted by Crippen LogP contribution is 2.27. The maximum Gasteiger partial charge on any atom is 0.258 e. The van der Waals surface area contributed by atoms with Crippen molar-refractivity contribution in [1.29, 1.82) is 0 Å². The van der Waals surface area contributed by atoms with Gasteiger partial charge < -0.3 is 15.7 Å². The van der Waals surface area contributed by atoms with Crippen molar-refractivity contribution in [3.8, 4) is 5.75 Å². The Labute approximate surface area is 116 Å². The second-order valence-electron chi connectivity index (χ2n) is 5.00. The third-order valence-corrected chi connectivity index (χ3v) is 3.54. The molecule has 0 radical (unpaired) electrons. The van der Waals surface area contributed by atoms with Crippen LogP contribution in [0.25, 0.3) is 0 Å². The first-order valence-electron chi connectivity index (χ1n) is 6.57. The number of carbonyl (C=O) groups excluding carboxylic acids is 2. The van der Waals surface area contributed by atoms with E-state index in [1.807, 2.05) is 0 Å². The Morgan fingerprint density at radius 3 is 2.55 bits per heavy atom. The van der Waals surface area contributed by atoms with Crippen molar-refractivity contribution in [1.82, 2.24) is 4.90 Å². The van der Waals surface area contributed by atoms with E-state index in [4.69, 9.17) is 5.73 Å². The van der Waals surface area contributed by atoms with E-state index in [1.165, 1.54) is 11.0 Å². The Hall–Kier alpha value is -2.11. The molecule has 20 heavy (non-hydrogen) atoms. The summed E-state index contributed by atoms with van der Waals surface area (Å²) in [6.45, 7) is -0.194. The zero-order chi connectivity index (χ0) is 14.7. The van der Waals surface area contributed by atoms with Crippen LogP contribution in [0.1, 0.15) is 36.0 Å². The molecule has 1 saturated carbocycles. The fraction of sp³-hybridized carbons (Fsp3) is 0.429. The van der Waals surface area contributed by atoms with Crippen LogP contribution in [-0.2, 0) is 4.79 Å². The summed E-state index contributed by atoms with van der Waals surface area (Å²) >= 11 is 0. The first kappa shape index (κ1) is 14.3. The van der Waals surface area contributed by atoms with Gasteiger partial charge >= 0.3 is 0 Å². The molecule has 0 bridgehead atoms. The maximum atomic E-state index is 13.0. The number of phenols is 1. The predicted octanol–water partition coefficient (Wildman–Crippen LogP) is 1.40. The number of aromatic hydroxyl groups is 1. The average molecular weight is 280 g/mol. The van der Waals surface area contributed by atoms with Crippen LogP contribution in [-0.4, -0.2) is 34.4 Å². The van der Waals surface area contributed by atoms with Gasteiger partial charge in [0.2, 0.25) is 5.91 Å². The monoisotopic (exact) mass is 280 g/mol. The smallest absolute Gasteiger partial charge is 0.258 e. The van der Waals surface area contributed by atoms with Crippen LogP contribution in [0, 0.1) is 5.82 Å². The van der Waals surface area contributed by atoms with Gasteiger partial charge in [-0.3, -0.25) is 9.59 Å². The number of primary amides is 1. The molecule has 1 fully saturated rings. The van der Waals surface area contributed by atoms with Crippen molar-refractivity contribution in [2.24, 2.45) is 5.73 Å². The molecule has 108 valence electrons. The maximum absolute atomic E-state index is 13.0. The van der Waals surface area contributed by atoms with Crippen LogP contribution in [0.3, 0.4) is 0 Å². The molecule has 3 N–H and O–H groups in total. The number of benzene rings is 1. The summed E-state index contributed by atoms with van der Waals surface area (Å²) in [5.74, 6) is -2.15. The number of hydrogen-bond acceptors (Lipinski definition) is 3. The standard InChI is InChI=1S/C14H17FN2O3/c15-9-5-6-11(12(18)7-9)14(20)17(8-13(16)19)10-3-1-2-4-10/h5-7,10,18H,1-4,8H2,(H2,16,19). The van der Waals surface area contributed by atoms with Crippen LogP contribution in [0.2, 0.25) is 0 Å². The largest absolute Gasteiger partial charge is 0.507 e. The summed E-state index contributed by atoms with van der Waals surface area (Å²) in [6.07, 6.45) is 3.59. The topological polar surface area (TPSA) is 83.6 Å². The average Bonchev–Trinajstić information content (AvgIpc) is 2.88. The van der Waals surface area contributed by atoms with Crippen molar-refractivity contribution in [2.45, 2.75) is 31.7 Å². The third kappa shape index (κ3) is 3.07. The molecule has 0 heterocycles. The van der Waals surface area contributed by atoms with Gasteiger partial charge in [-0.25, -0.2) is 4.39 Å². The molecule has 2 rings (SSSR count). The molecule has 1 aliphatic rings. The number of phenolic OH excluding ortho intramolecular Hbond substituents is 1. The summed E-state index contributed by atoms with van der Waals surface area (Å²) < 4.78 is 13.0. The highest BCUT2D eigenvalue weighted by Gasteiger charge is 2.29. The quantitative estimate of drug-likeness (QED) is 0.874. The molecule has 2 amide bonds. The van der Waals surface area contributed by atoms with Gasteiger partial charge in [-0.15, -0.1) is 0 Å². The molecular weight excluding hydrogens is 263 g/mol. The van der Waals surface area contributed by atoms with Crippen molar-refractivity contribution in [3.63, 3.8) is 0 Å². The van der Waals surface area contributed by atoms with Crippen LogP contribution >= 0.6 is 0 Å². The third-order valence-electron chi connectivity index (χ3n) is 3.54. The molecule has 5 nitrogen and oxygen atoms in total. The number of nitrogens with two attached hydrogens (primary N) is 1.